The molecule has 4 heteroatoms. The van der Waals surface area contributed by atoms with Crippen LogP contribution in [0.3, 0.4) is 0 Å². The highest BCUT2D eigenvalue weighted by molar-refractivity contribution is 7.09. The molecular formula is C16H30N2OS. The van der Waals surface area contributed by atoms with Gasteiger partial charge in [0.15, 0.2) is 0 Å². The molecule has 20 heavy (non-hydrogen) atoms. The van der Waals surface area contributed by atoms with Crippen molar-refractivity contribution in [3.05, 3.63) is 16.6 Å². The monoisotopic (exact) mass is 298 g/mol. The maximum Gasteiger partial charge on any atom is 0.109 e. The van der Waals surface area contributed by atoms with E-state index in [9.17, 15) is 0 Å². The molecule has 0 bridgehead atoms. The van der Waals surface area contributed by atoms with Crippen molar-refractivity contribution in [1.82, 2.24) is 10.3 Å². The van der Waals surface area contributed by atoms with E-state index in [0.29, 0.717) is 6.04 Å². The lowest BCUT2D eigenvalue weighted by Crippen LogP contribution is -2.25. The quantitative estimate of drug-likeness (QED) is 0.542. The van der Waals surface area contributed by atoms with Crippen LogP contribution in [0.5, 0.6) is 0 Å². The molecule has 116 valence electrons. The molecule has 0 fully saturated rings. The number of nitrogens with one attached hydrogen (secondary N) is 1. The van der Waals surface area contributed by atoms with Crippen LogP contribution in [0, 0.1) is 0 Å². The topological polar surface area (TPSA) is 34.1 Å². The molecule has 1 heterocycles. The third-order valence-corrected chi connectivity index (χ3v) is 4.43. The molecule has 0 radical (unpaired) electrons. The van der Waals surface area contributed by atoms with Gasteiger partial charge in [0.2, 0.25) is 0 Å². The lowest BCUT2D eigenvalue weighted by Gasteiger charge is -2.16. The molecule has 1 aromatic rings. The van der Waals surface area contributed by atoms with E-state index in [1.807, 2.05) is 6.20 Å². The zero-order valence-corrected chi connectivity index (χ0v) is 13.9. The van der Waals surface area contributed by atoms with Crippen LogP contribution >= 0.6 is 11.3 Å². The number of methoxy groups -OCH3 is 1. The van der Waals surface area contributed by atoms with Crippen molar-refractivity contribution in [2.45, 2.75) is 64.3 Å². The van der Waals surface area contributed by atoms with Crippen LogP contribution in [0.2, 0.25) is 0 Å². The Morgan fingerprint density at radius 1 is 1.20 bits per heavy atom. The van der Waals surface area contributed by atoms with Gasteiger partial charge in [-0.3, -0.25) is 0 Å². The molecule has 0 spiro atoms. The van der Waals surface area contributed by atoms with E-state index < -0.39 is 0 Å². The van der Waals surface area contributed by atoms with E-state index in [1.54, 1.807) is 18.4 Å². The Morgan fingerprint density at radius 2 is 1.95 bits per heavy atom. The van der Waals surface area contributed by atoms with Gasteiger partial charge < -0.3 is 10.1 Å². The number of nitrogens with zero attached hydrogens (tertiary/aromatic N) is 1. The van der Waals surface area contributed by atoms with Crippen molar-refractivity contribution in [3.8, 4) is 0 Å². The van der Waals surface area contributed by atoms with Gasteiger partial charge >= 0.3 is 0 Å². The molecule has 1 rings (SSSR count). The third kappa shape index (κ3) is 7.98. The second kappa shape index (κ2) is 12.3. The van der Waals surface area contributed by atoms with Crippen molar-refractivity contribution < 1.29 is 4.74 Å². The first-order chi connectivity index (χ1) is 9.88. The predicted octanol–water partition coefficient (Wildman–Crippen LogP) is 4.56. The highest BCUT2D eigenvalue weighted by Crippen LogP contribution is 2.22. The first-order valence-corrected chi connectivity index (χ1v) is 8.88. The van der Waals surface area contributed by atoms with Crippen LogP contribution in [0.25, 0.3) is 0 Å². The van der Waals surface area contributed by atoms with Crippen LogP contribution in [0.4, 0.5) is 0 Å². The zero-order valence-electron chi connectivity index (χ0n) is 13.1. The Bertz CT molecular complexity index is 303. The fourth-order valence-electron chi connectivity index (χ4n) is 2.36. The van der Waals surface area contributed by atoms with Crippen molar-refractivity contribution in [2.75, 3.05) is 20.3 Å². The van der Waals surface area contributed by atoms with Crippen LogP contribution in [0.15, 0.2) is 11.6 Å². The van der Waals surface area contributed by atoms with Gasteiger partial charge in [-0.05, 0) is 6.42 Å². The van der Waals surface area contributed by atoms with Gasteiger partial charge in [-0.25, -0.2) is 4.98 Å². The van der Waals surface area contributed by atoms with Crippen molar-refractivity contribution in [1.29, 1.82) is 0 Å². The fourth-order valence-corrected chi connectivity index (χ4v) is 3.11. The number of thiazole rings is 1. The number of aromatic nitrogens is 1. The molecule has 0 aromatic carbocycles. The van der Waals surface area contributed by atoms with E-state index in [-0.39, 0.29) is 0 Å². The van der Waals surface area contributed by atoms with Gasteiger partial charge in [0.25, 0.3) is 0 Å². The van der Waals surface area contributed by atoms with E-state index in [2.05, 4.69) is 22.6 Å². The number of ether oxygens (including phenoxy) is 1. The summed E-state index contributed by atoms with van der Waals surface area (Å²) in [5.74, 6) is 0. The minimum atomic E-state index is 0.404. The van der Waals surface area contributed by atoms with Gasteiger partial charge in [0.1, 0.15) is 5.01 Å². The Kier molecular flexibility index (Phi) is 10.8. The van der Waals surface area contributed by atoms with Crippen LogP contribution in [-0.4, -0.2) is 25.2 Å². The summed E-state index contributed by atoms with van der Waals surface area (Å²) >= 11 is 1.75. The molecule has 3 nitrogen and oxygen atoms in total. The zero-order chi connectivity index (χ0) is 14.5. The summed E-state index contributed by atoms with van der Waals surface area (Å²) in [6.07, 6.45) is 12.6. The molecule has 0 aliphatic carbocycles. The molecule has 0 aliphatic rings. The van der Waals surface area contributed by atoms with Gasteiger partial charge in [0, 0.05) is 25.2 Å². The Balaban J connectivity index is 2.16. The van der Waals surface area contributed by atoms with Crippen molar-refractivity contribution in [2.24, 2.45) is 0 Å². The Hall–Kier alpha value is -0.450. The smallest absolute Gasteiger partial charge is 0.109 e. The summed E-state index contributed by atoms with van der Waals surface area (Å²) in [7, 11) is 1.75. The van der Waals surface area contributed by atoms with E-state index in [1.165, 1.54) is 56.4 Å². The highest BCUT2D eigenvalue weighted by atomic mass is 32.1. The number of unbranched alkanes of at least 4 members (excludes halogenated alkanes) is 6. The van der Waals surface area contributed by atoms with Gasteiger partial charge in [0.05, 0.1) is 12.6 Å². The minimum Gasteiger partial charge on any atom is -0.383 e. The molecule has 1 aromatic heterocycles. The first-order valence-electron chi connectivity index (χ1n) is 8.00. The van der Waals surface area contributed by atoms with E-state index >= 15 is 0 Å². The maximum absolute atomic E-state index is 5.11. The third-order valence-electron chi connectivity index (χ3n) is 3.54. The number of hydrogen-bond acceptors (Lipinski definition) is 4. The highest BCUT2D eigenvalue weighted by Gasteiger charge is 2.12. The fraction of sp³-hybridized carbons (Fsp3) is 0.812. The molecule has 0 saturated heterocycles. The summed E-state index contributed by atoms with van der Waals surface area (Å²) in [6.45, 7) is 3.93. The maximum atomic E-state index is 5.11. The molecule has 1 atom stereocenters. The van der Waals surface area contributed by atoms with Crippen LogP contribution in [0.1, 0.15) is 69.3 Å². The van der Waals surface area contributed by atoms with Crippen LogP contribution in [-0.2, 0) is 4.74 Å². The summed E-state index contributed by atoms with van der Waals surface area (Å²) < 4.78 is 5.11. The van der Waals surface area contributed by atoms with E-state index in [0.717, 1.165) is 13.2 Å². The largest absolute Gasteiger partial charge is 0.383 e. The summed E-state index contributed by atoms with van der Waals surface area (Å²) in [4.78, 5) is 4.45. The summed E-state index contributed by atoms with van der Waals surface area (Å²) in [5.41, 5.74) is 0. The first kappa shape index (κ1) is 17.6. The molecule has 1 N–H and O–H groups in total. The minimum absolute atomic E-state index is 0.404. The molecule has 0 saturated carbocycles. The molecular weight excluding hydrogens is 268 g/mol. The average molecular weight is 298 g/mol. The average Bonchev–Trinajstić information content (AvgIpc) is 2.98. The Labute approximate surface area is 128 Å². The number of hydrogen-bond donors (Lipinski definition) is 1. The van der Waals surface area contributed by atoms with Crippen LogP contribution < -0.4 is 5.32 Å². The normalized spacial score (nSPS) is 12.7. The molecule has 0 amide bonds. The van der Waals surface area contributed by atoms with Gasteiger partial charge in [-0.2, -0.15) is 0 Å². The lowest BCUT2D eigenvalue weighted by molar-refractivity contribution is 0.194. The molecule has 0 aliphatic heterocycles. The second-order valence-corrected chi connectivity index (χ2v) is 6.21. The number of rotatable bonds is 13. The summed E-state index contributed by atoms with van der Waals surface area (Å²) in [5, 5.41) is 6.83. The standard InChI is InChI=1S/C16H30N2OS/c1-3-4-5-6-7-8-9-10-15(17-11-13-19-2)16-18-12-14-20-16/h12,14-15,17H,3-11,13H2,1-2H3. The van der Waals surface area contributed by atoms with Gasteiger partial charge in [-0.1, -0.05) is 51.9 Å². The van der Waals surface area contributed by atoms with E-state index in [4.69, 9.17) is 4.74 Å². The van der Waals surface area contributed by atoms with Gasteiger partial charge in [-0.15, -0.1) is 11.3 Å². The predicted molar refractivity (Wildman–Crippen MR) is 87.3 cm³/mol. The second-order valence-electron chi connectivity index (χ2n) is 5.28. The Morgan fingerprint density at radius 3 is 2.60 bits per heavy atom. The molecule has 1 unspecified atom stereocenters. The van der Waals surface area contributed by atoms with Crippen molar-refractivity contribution in [3.63, 3.8) is 0 Å². The lowest BCUT2D eigenvalue weighted by atomic mass is 10.1. The summed E-state index contributed by atoms with van der Waals surface area (Å²) in [6, 6.07) is 0.404. The van der Waals surface area contributed by atoms with Crippen molar-refractivity contribution >= 4 is 11.3 Å². The SMILES string of the molecule is CCCCCCCCCC(NCCOC)c1nccs1.